The Morgan fingerprint density at radius 3 is 2.29 bits per heavy atom. The maximum Gasteiger partial charge on any atom is 0.411 e. The first-order chi connectivity index (χ1) is 13.6. The van der Waals surface area contributed by atoms with Gasteiger partial charge in [0.1, 0.15) is 6.61 Å². The number of nitrogens with one attached hydrogen (secondary N) is 1. The summed E-state index contributed by atoms with van der Waals surface area (Å²) in [7, 11) is 1.45. The van der Waals surface area contributed by atoms with Crippen molar-refractivity contribution in [2.45, 2.75) is 44.6 Å². The van der Waals surface area contributed by atoms with Crippen LogP contribution in [0.3, 0.4) is 0 Å². The maximum atomic E-state index is 12.0. The lowest BCUT2D eigenvalue weighted by molar-refractivity contribution is -0.142. The smallest absolute Gasteiger partial charge is 0.411 e. The largest absolute Gasteiger partial charge is 0.469 e. The van der Waals surface area contributed by atoms with Gasteiger partial charge in [0.05, 0.1) is 7.11 Å². The number of ether oxygens (including phenoxy) is 2. The number of anilines is 1. The molecule has 2 aromatic rings. The Bertz CT molecular complexity index is 765. The zero-order valence-electron chi connectivity index (χ0n) is 16.2. The Hall–Kier alpha value is -2.82. The van der Waals surface area contributed by atoms with Gasteiger partial charge in [0, 0.05) is 12.1 Å². The SMILES string of the molecule is COC(=O)CC1CCC(c2ccc(NC(=O)OCc3ccccc3)cc2)CC1. The zero-order valence-corrected chi connectivity index (χ0v) is 16.2. The van der Waals surface area contributed by atoms with Crippen molar-refractivity contribution in [2.75, 3.05) is 12.4 Å². The summed E-state index contributed by atoms with van der Waals surface area (Å²) in [5, 5.41) is 2.76. The second-order valence-electron chi connectivity index (χ2n) is 7.31. The van der Waals surface area contributed by atoms with Crippen molar-refractivity contribution in [1.82, 2.24) is 0 Å². The van der Waals surface area contributed by atoms with Gasteiger partial charge in [-0.3, -0.25) is 10.1 Å². The van der Waals surface area contributed by atoms with Gasteiger partial charge in [-0.15, -0.1) is 0 Å². The number of benzene rings is 2. The fourth-order valence-electron chi connectivity index (χ4n) is 3.73. The van der Waals surface area contributed by atoms with E-state index in [2.05, 4.69) is 17.4 Å². The number of carbonyl (C=O) groups excluding carboxylic acids is 2. The third kappa shape index (κ3) is 5.84. The van der Waals surface area contributed by atoms with Crippen LogP contribution < -0.4 is 5.32 Å². The van der Waals surface area contributed by atoms with Crippen LogP contribution in [0.1, 0.15) is 49.1 Å². The van der Waals surface area contributed by atoms with Gasteiger partial charge in [0.15, 0.2) is 0 Å². The Labute approximate surface area is 166 Å². The molecule has 2 aromatic carbocycles. The summed E-state index contributed by atoms with van der Waals surface area (Å²) in [5.41, 5.74) is 2.96. The Kier molecular flexibility index (Phi) is 7.06. The molecule has 0 aliphatic heterocycles. The number of amides is 1. The molecule has 1 N–H and O–H groups in total. The van der Waals surface area contributed by atoms with Crippen molar-refractivity contribution in [2.24, 2.45) is 5.92 Å². The maximum absolute atomic E-state index is 12.0. The van der Waals surface area contributed by atoms with Gasteiger partial charge in [0.25, 0.3) is 0 Å². The monoisotopic (exact) mass is 381 g/mol. The van der Waals surface area contributed by atoms with E-state index in [4.69, 9.17) is 9.47 Å². The van der Waals surface area contributed by atoms with E-state index in [0.717, 1.165) is 36.9 Å². The average molecular weight is 381 g/mol. The first-order valence-corrected chi connectivity index (χ1v) is 9.78. The van der Waals surface area contributed by atoms with Crippen LogP contribution in [0.5, 0.6) is 0 Å². The van der Waals surface area contributed by atoms with Crippen LogP contribution in [0.4, 0.5) is 10.5 Å². The molecule has 0 bridgehead atoms. The van der Waals surface area contributed by atoms with Crippen LogP contribution in [-0.4, -0.2) is 19.2 Å². The molecule has 0 aromatic heterocycles. The highest BCUT2D eigenvalue weighted by Crippen LogP contribution is 2.37. The van der Waals surface area contributed by atoms with E-state index in [1.807, 2.05) is 42.5 Å². The van der Waals surface area contributed by atoms with Crippen molar-refractivity contribution < 1.29 is 19.1 Å². The molecule has 1 aliphatic carbocycles. The van der Waals surface area contributed by atoms with Crippen molar-refractivity contribution in [3.63, 3.8) is 0 Å². The predicted molar refractivity (Wildman–Crippen MR) is 108 cm³/mol. The lowest BCUT2D eigenvalue weighted by Gasteiger charge is -2.28. The van der Waals surface area contributed by atoms with Crippen LogP contribution >= 0.6 is 0 Å². The van der Waals surface area contributed by atoms with Crippen molar-refractivity contribution >= 4 is 17.7 Å². The third-order valence-corrected chi connectivity index (χ3v) is 5.37. The molecule has 28 heavy (non-hydrogen) atoms. The van der Waals surface area contributed by atoms with E-state index < -0.39 is 6.09 Å². The lowest BCUT2D eigenvalue weighted by Crippen LogP contribution is -2.17. The number of methoxy groups -OCH3 is 1. The van der Waals surface area contributed by atoms with E-state index >= 15 is 0 Å². The van der Waals surface area contributed by atoms with E-state index in [1.54, 1.807) is 0 Å². The van der Waals surface area contributed by atoms with Crippen molar-refractivity contribution in [1.29, 1.82) is 0 Å². The summed E-state index contributed by atoms with van der Waals surface area (Å²) < 4.78 is 10.0. The summed E-state index contributed by atoms with van der Waals surface area (Å²) >= 11 is 0. The molecule has 0 saturated heterocycles. The first-order valence-electron chi connectivity index (χ1n) is 9.78. The molecule has 0 unspecified atom stereocenters. The van der Waals surface area contributed by atoms with Crippen LogP contribution in [0.15, 0.2) is 54.6 Å². The summed E-state index contributed by atoms with van der Waals surface area (Å²) in [4.78, 5) is 23.4. The number of esters is 1. The molecule has 1 amide bonds. The minimum absolute atomic E-state index is 0.113. The highest BCUT2D eigenvalue weighted by Gasteiger charge is 2.24. The van der Waals surface area contributed by atoms with Crippen LogP contribution in [0, 0.1) is 5.92 Å². The van der Waals surface area contributed by atoms with Crippen molar-refractivity contribution in [3.05, 3.63) is 65.7 Å². The number of hydrogen-bond acceptors (Lipinski definition) is 4. The van der Waals surface area contributed by atoms with E-state index in [-0.39, 0.29) is 12.6 Å². The molecule has 0 atom stereocenters. The average Bonchev–Trinajstić information content (AvgIpc) is 2.74. The van der Waals surface area contributed by atoms with Crippen LogP contribution in [-0.2, 0) is 20.9 Å². The third-order valence-electron chi connectivity index (χ3n) is 5.37. The molecule has 5 heteroatoms. The minimum atomic E-state index is -0.458. The van der Waals surface area contributed by atoms with E-state index in [0.29, 0.717) is 18.3 Å². The van der Waals surface area contributed by atoms with Gasteiger partial charge >= 0.3 is 12.1 Å². The molecule has 5 nitrogen and oxygen atoms in total. The van der Waals surface area contributed by atoms with Gasteiger partial charge in [-0.1, -0.05) is 42.5 Å². The minimum Gasteiger partial charge on any atom is -0.469 e. The van der Waals surface area contributed by atoms with Gasteiger partial charge in [-0.25, -0.2) is 4.79 Å². The molecule has 1 aliphatic rings. The van der Waals surface area contributed by atoms with Gasteiger partial charge in [-0.05, 0) is 60.8 Å². The number of carbonyl (C=O) groups is 2. The second kappa shape index (κ2) is 9.93. The topological polar surface area (TPSA) is 64.6 Å². The number of hydrogen-bond donors (Lipinski definition) is 1. The summed E-state index contributed by atoms with van der Waals surface area (Å²) in [6.45, 7) is 0.250. The summed E-state index contributed by atoms with van der Waals surface area (Å²) in [6, 6.07) is 17.6. The summed E-state index contributed by atoms with van der Waals surface area (Å²) in [5.74, 6) is 0.829. The van der Waals surface area contributed by atoms with Crippen molar-refractivity contribution in [3.8, 4) is 0 Å². The van der Waals surface area contributed by atoms with E-state index in [1.165, 1.54) is 12.7 Å². The predicted octanol–water partition coefficient (Wildman–Crippen LogP) is 5.27. The summed E-state index contributed by atoms with van der Waals surface area (Å²) in [6.07, 6.45) is 4.31. The van der Waals surface area contributed by atoms with Gasteiger partial charge in [-0.2, -0.15) is 0 Å². The molecule has 0 heterocycles. The molecule has 1 saturated carbocycles. The molecular formula is C23H27NO4. The molecule has 1 fully saturated rings. The Balaban J connectivity index is 1.45. The van der Waals surface area contributed by atoms with Crippen LogP contribution in [0.25, 0.3) is 0 Å². The zero-order chi connectivity index (χ0) is 19.8. The lowest BCUT2D eigenvalue weighted by atomic mass is 9.77. The Morgan fingerprint density at radius 2 is 1.64 bits per heavy atom. The standard InChI is InChI=1S/C23H27NO4/c1-27-22(25)15-17-7-9-19(10-8-17)20-11-13-21(14-12-20)24-23(26)28-16-18-5-3-2-4-6-18/h2-6,11-14,17,19H,7-10,15-16H2,1H3,(H,24,26). The van der Waals surface area contributed by atoms with Crippen LogP contribution in [0.2, 0.25) is 0 Å². The Morgan fingerprint density at radius 1 is 0.964 bits per heavy atom. The highest BCUT2D eigenvalue weighted by molar-refractivity contribution is 5.84. The molecular weight excluding hydrogens is 354 g/mol. The second-order valence-corrected chi connectivity index (χ2v) is 7.31. The number of rotatable bonds is 6. The first kappa shape index (κ1) is 19.9. The van der Waals surface area contributed by atoms with Gasteiger partial charge < -0.3 is 9.47 Å². The molecule has 0 spiro atoms. The fraction of sp³-hybridized carbons (Fsp3) is 0.391. The molecule has 148 valence electrons. The van der Waals surface area contributed by atoms with E-state index in [9.17, 15) is 9.59 Å². The van der Waals surface area contributed by atoms with Gasteiger partial charge in [0.2, 0.25) is 0 Å². The highest BCUT2D eigenvalue weighted by atomic mass is 16.5. The molecule has 0 radical (unpaired) electrons. The molecule has 3 rings (SSSR count). The normalized spacial score (nSPS) is 18.9. The quantitative estimate of drug-likeness (QED) is 0.692. The fourth-order valence-corrected chi connectivity index (χ4v) is 3.73.